The van der Waals surface area contributed by atoms with E-state index in [9.17, 15) is 13.0 Å². The van der Waals surface area contributed by atoms with Crippen LogP contribution in [0.2, 0.25) is 0 Å². The Morgan fingerprint density at radius 3 is 1.68 bits per heavy atom. The van der Waals surface area contributed by atoms with Crippen LogP contribution < -0.4 is 0 Å². The Balaban J connectivity index is 0. The number of benzene rings is 1. The summed E-state index contributed by atoms with van der Waals surface area (Å²) in [4.78, 5) is 0.0610. The molecule has 0 fully saturated rings. The molecule has 0 aromatic heterocycles. The van der Waals surface area contributed by atoms with E-state index < -0.39 is 10.1 Å². The summed E-state index contributed by atoms with van der Waals surface area (Å²) < 4.78 is 36.6. The van der Waals surface area contributed by atoms with Crippen molar-refractivity contribution in [2.45, 2.75) is 96.3 Å². The van der Waals surface area contributed by atoms with Crippen LogP contribution in [0.4, 0.5) is 0 Å². The fourth-order valence-electron chi connectivity index (χ4n) is 2.97. The van der Waals surface area contributed by atoms with Crippen molar-refractivity contribution in [1.29, 1.82) is 0 Å². The molecule has 4 nitrogen and oxygen atoms in total. The van der Waals surface area contributed by atoms with Crippen LogP contribution in [0.5, 0.6) is 0 Å². The van der Waals surface area contributed by atoms with Crippen LogP contribution >= 0.6 is 0 Å². The number of unbranched alkanes of at least 4 members (excludes halogenated alkanes) is 9. The van der Waals surface area contributed by atoms with Gasteiger partial charge in [-0.1, -0.05) is 82.9 Å². The van der Waals surface area contributed by atoms with Gasteiger partial charge in [-0.3, -0.25) is 4.55 Å². The molecular weight excluding hydrogens is 400 g/mol. The summed E-state index contributed by atoms with van der Waals surface area (Å²) >= 11 is 0. The Morgan fingerprint density at radius 2 is 1.25 bits per heavy atom. The van der Waals surface area contributed by atoms with Crippen molar-refractivity contribution in [2.75, 3.05) is 13.2 Å². The molecule has 1 aromatic carbocycles. The van der Waals surface area contributed by atoms with Gasteiger partial charge in [0.15, 0.2) is 0 Å². The first-order valence-electron chi connectivity index (χ1n) is 10.6. The Bertz CT molecular complexity index is 559. The zero-order chi connectivity index (χ0) is 20.4. The molecule has 0 heterocycles. The molecule has 1 aromatic rings. The van der Waals surface area contributed by atoms with Gasteiger partial charge >= 0.3 is 37.7 Å². The summed E-state index contributed by atoms with van der Waals surface area (Å²) in [5, 5.41) is 0. The number of aryl methyl sites for hydroxylation is 1. The number of rotatable bonds is 14. The average Bonchev–Trinajstić information content (AvgIpc) is 2.64. The standard InChI is InChI=1S/C18H30O3S.C4H10O.Ca.2H/c1-2-3-4-5-6-7-8-9-10-11-14-17-15-12-13-16-18(17)22(19,20)21;1-3-5-4-2;;;/h12-13,15-16H,2-11,14H2,1H3,(H,19,20,21);3-4H2,1-2H3;;;. The van der Waals surface area contributed by atoms with Crippen molar-refractivity contribution in [1.82, 2.24) is 0 Å². The van der Waals surface area contributed by atoms with Gasteiger partial charge in [0.2, 0.25) is 0 Å². The second-order valence-corrected chi connectivity index (χ2v) is 8.19. The first-order valence-corrected chi connectivity index (χ1v) is 12.0. The number of hydrogen-bond donors (Lipinski definition) is 1. The normalized spacial score (nSPS) is 10.7. The fourth-order valence-corrected chi connectivity index (χ4v) is 3.72. The van der Waals surface area contributed by atoms with Crippen molar-refractivity contribution in [2.24, 2.45) is 0 Å². The summed E-state index contributed by atoms with van der Waals surface area (Å²) in [6.45, 7) is 7.90. The van der Waals surface area contributed by atoms with Gasteiger partial charge in [-0.25, -0.2) is 0 Å². The van der Waals surface area contributed by atoms with Gasteiger partial charge < -0.3 is 4.74 Å². The molecule has 0 spiro atoms. The Morgan fingerprint density at radius 1 is 0.786 bits per heavy atom. The quantitative estimate of drug-likeness (QED) is 0.234. The van der Waals surface area contributed by atoms with E-state index in [1.54, 1.807) is 12.1 Å². The predicted molar refractivity (Wildman–Crippen MR) is 123 cm³/mol. The molecule has 0 saturated carbocycles. The topological polar surface area (TPSA) is 63.6 Å². The fraction of sp³-hybridized carbons (Fsp3) is 0.727. The summed E-state index contributed by atoms with van der Waals surface area (Å²) in [5.74, 6) is 0. The number of hydrogen-bond acceptors (Lipinski definition) is 3. The SMILES string of the molecule is CCCCCCCCCCCCc1ccccc1S(=O)(=O)O.CCOCC.[CaH2]. The van der Waals surface area contributed by atoms with Crippen molar-refractivity contribution in [3.05, 3.63) is 29.8 Å². The minimum absolute atomic E-state index is 0. The van der Waals surface area contributed by atoms with Crippen molar-refractivity contribution in [3.8, 4) is 0 Å². The monoisotopic (exact) mass is 442 g/mol. The van der Waals surface area contributed by atoms with Crippen molar-refractivity contribution in [3.63, 3.8) is 0 Å². The van der Waals surface area contributed by atoms with E-state index in [-0.39, 0.29) is 42.6 Å². The molecule has 0 amide bonds. The van der Waals surface area contributed by atoms with E-state index in [0.29, 0.717) is 6.42 Å². The Labute approximate surface area is 203 Å². The molecule has 0 saturated heterocycles. The zero-order valence-electron chi connectivity index (χ0n) is 17.6. The first-order chi connectivity index (χ1) is 13.0. The first kappa shape index (κ1) is 30.5. The molecule has 1 rings (SSSR count). The van der Waals surface area contributed by atoms with Crippen LogP contribution in [0, 0.1) is 0 Å². The summed E-state index contributed by atoms with van der Waals surface area (Å²) in [5.41, 5.74) is 0.726. The molecular formula is C22H42CaO4S. The van der Waals surface area contributed by atoms with Crippen LogP contribution in [0.25, 0.3) is 0 Å². The molecule has 0 bridgehead atoms. The molecule has 1 N–H and O–H groups in total. The molecule has 0 aliphatic rings. The molecule has 0 atom stereocenters. The van der Waals surface area contributed by atoms with Crippen LogP contribution in [0.1, 0.15) is 90.5 Å². The van der Waals surface area contributed by atoms with E-state index in [1.165, 1.54) is 57.4 Å². The molecule has 0 unspecified atom stereocenters. The molecule has 0 radical (unpaired) electrons. The average molecular weight is 443 g/mol. The second-order valence-electron chi connectivity index (χ2n) is 6.80. The van der Waals surface area contributed by atoms with Crippen molar-refractivity contribution >= 4 is 47.9 Å². The van der Waals surface area contributed by atoms with Gasteiger partial charge in [0.05, 0.1) is 4.90 Å². The Hall–Kier alpha value is 0.350. The van der Waals surface area contributed by atoms with E-state index in [0.717, 1.165) is 31.6 Å². The molecule has 28 heavy (non-hydrogen) atoms. The van der Waals surface area contributed by atoms with Crippen LogP contribution in [-0.2, 0) is 21.3 Å². The van der Waals surface area contributed by atoms with E-state index >= 15 is 0 Å². The molecule has 0 aliphatic carbocycles. The van der Waals surface area contributed by atoms with Gasteiger partial charge in [-0.15, -0.1) is 0 Å². The van der Waals surface area contributed by atoms with Gasteiger partial charge in [0.25, 0.3) is 10.1 Å². The summed E-state index contributed by atoms with van der Waals surface area (Å²) in [6.07, 6.45) is 13.3. The molecule has 162 valence electrons. The van der Waals surface area contributed by atoms with Crippen LogP contribution in [-0.4, -0.2) is 63.9 Å². The summed E-state index contributed by atoms with van der Waals surface area (Å²) in [6, 6.07) is 6.73. The van der Waals surface area contributed by atoms with Crippen LogP contribution in [0.3, 0.4) is 0 Å². The zero-order valence-corrected chi connectivity index (χ0v) is 18.4. The summed E-state index contributed by atoms with van der Waals surface area (Å²) in [7, 11) is -4.10. The van der Waals surface area contributed by atoms with Gasteiger partial charge in [0, 0.05) is 13.2 Å². The third kappa shape index (κ3) is 17.2. The number of ether oxygens (including phenoxy) is 1. The minimum atomic E-state index is -4.10. The molecule has 6 heteroatoms. The van der Waals surface area contributed by atoms with E-state index in [4.69, 9.17) is 4.74 Å². The maximum absolute atomic E-state index is 11.3. The van der Waals surface area contributed by atoms with Gasteiger partial charge in [-0.2, -0.15) is 8.42 Å². The third-order valence-corrected chi connectivity index (χ3v) is 5.41. The van der Waals surface area contributed by atoms with Gasteiger partial charge in [0.1, 0.15) is 0 Å². The van der Waals surface area contributed by atoms with Crippen molar-refractivity contribution < 1.29 is 17.7 Å². The van der Waals surface area contributed by atoms with Gasteiger partial charge in [-0.05, 0) is 38.3 Å². The molecule has 0 aliphatic heterocycles. The Kier molecular flexibility index (Phi) is 22.5. The van der Waals surface area contributed by atoms with E-state index in [1.807, 2.05) is 19.9 Å². The third-order valence-electron chi connectivity index (χ3n) is 4.46. The van der Waals surface area contributed by atoms with E-state index in [2.05, 4.69) is 6.92 Å². The predicted octanol–water partition coefficient (Wildman–Crippen LogP) is 5.52. The maximum atomic E-state index is 11.3. The second kappa shape index (κ2) is 20.6. The van der Waals surface area contributed by atoms with Crippen LogP contribution in [0.15, 0.2) is 29.2 Å².